The van der Waals surface area contributed by atoms with Gasteiger partial charge in [0.25, 0.3) is 0 Å². The van der Waals surface area contributed by atoms with Crippen LogP contribution < -0.4 is 9.47 Å². The first-order chi connectivity index (χ1) is 17.5. The average Bonchev–Trinajstić information content (AvgIpc) is 3.40. The van der Waals surface area contributed by atoms with Crippen LogP contribution in [0.25, 0.3) is 6.08 Å². The Kier molecular flexibility index (Phi) is 4.90. The Balaban J connectivity index is 1.29. The number of benzene rings is 1. The third-order valence-electron chi connectivity index (χ3n) is 9.74. The lowest BCUT2D eigenvalue weighted by Crippen LogP contribution is -2.78. The molecule has 190 valence electrons. The highest BCUT2D eigenvalue weighted by Crippen LogP contribution is 2.66. The lowest BCUT2D eigenvalue weighted by atomic mass is 9.48. The van der Waals surface area contributed by atoms with Crippen LogP contribution in [0.3, 0.4) is 0 Å². The predicted molar refractivity (Wildman–Crippen MR) is 134 cm³/mol. The van der Waals surface area contributed by atoms with Crippen LogP contribution in [0, 0.1) is 5.92 Å². The van der Waals surface area contributed by atoms with Crippen LogP contribution in [-0.4, -0.2) is 71.8 Å². The van der Waals surface area contributed by atoms with Crippen molar-refractivity contribution in [2.24, 2.45) is 5.92 Å². The van der Waals surface area contributed by atoms with Crippen molar-refractivity contribution in [3.63, 3.8) is 0 Å². The van der Waals surface area contributed by atoms with E-state index in [2.05, 4.69) is 11.0 Å². The van der Waals surface area contributed by atoms with Crippen LogP contribution in [-0.2, 0) is 16.6 Å². The Bertz CT molecular complexity index is 1220. The topological polar surface area (TPSA) is 75.4 Å². The fraction of sp³-hybridized carbons (Fsp3) is 0.552. The number of methoxy groups -OCH3 is 1. The third-order valence-corrected chi connectivity index (χ3v) is 9.74. The van der Waals surface area contributed by atoms with Crippen molar-refractivity contribution in [3.05, 3.63) is 53.5 Å². The maximum atomic E-state index is 13.3. The first-order valence-corrected chi connectivity index (χ1v) is 13.3. The summed E-state index contributed by atoms with van der Waals surface area (Å²) in [7, 11) is 3.53. The molecule has 1 spiro atoms. The lowest BCUT2D eigenvalue weighted by Gasteiger charge is -2.64. The molecule has 3 heterocycles. The smallest absolute Gasteiger partial charge is 0.246 e. The van der Waals surface area contributed by atoms with E-state index >= 15 is 0 Å². The molecule has 0 radical (unpaired) electrons. The van der Waals surface area contributed by atoms with Crippen LogP contribution in [0.15, 0.2) is 41.2 Å². The van der Waals surface area contributed by atoms with Crippen LogP contribution in [0.5, 0.6) is 11.5 Å². The number of ether oxygens (including phenoxy) is 2. The van der Waals surface area contributed by atoms with Crippen LogP contribution >= 0.6 is 0 Å². The first kappa shape index (κ1) is 22.4. The minimum atomic E-state index is -0.886. The van der Waals surface area contributed by atoms with Crippen molar-refractivity contribution >= 4 is 12.0 Å². The highest BCUT2D eigenvalue weighted by Gasteiger charge is 2.73. The first-order valence-electron chi connectivity index (χ1n) is 13.3. The number of nitrogens with zero attached hydrogens (tertiary/aromatic N) is 2. The Morgan fingerprint density at radius 1 is 1.28 bits per heavy atom. The number of piperidine rings is 1. The minimum Gasteiger partial charge on any atom is -0.493 e. The van der Waals surface area contributed by atoms with Gasteiger partial charge in [-0.05, 0) is 74.8 Å². The van der Waals surface area contributed by atoms with Gasteiger partial charge in [0.2, 0.25) is 5.91 Å². The van der Waals surface area contributed by atoms with Gasteiger partial charge in [-0.3, -0.25) is 9.69 Å². The summed E-state index contributed by atoms with van der Waals surface area (Å²) in [5.74, 6) is 2.18. The molecule has 3 aliphatic carbocycles. The monoisotopic (exact) mass is 490 g/mol. The minimum absolute atomic E-state index is 0.0756. The normalized spacial score (nSPS) is 34.4. The fourth-order valence-corrected chi connectivity index (χ4v) is 7.82. The van der Waals surface area contributed by atoms with E-state index in [1.807, 2.05) is 24.1 Å². The van der Waals surface area contributed by atoms with Gasteiger partial charge in [0.15, 0.2) is 11.5 Å². The quantitative estimate of drug-likeness (QED) is 0.626. The van der Waals surface area contributed by atoms with Crippen LogP contribution in [0.4, 0.5) is 0 Å². The zero-order valence-corrected chi connectivity index (χ0v) is 21.0. The molecular formula is C29H34N2O5. The molecule has 2 aliphatic heterocycles. The summed E-state index contributed by atoms with van der Waals surface area (Å²) in [5.41, 5.74) is 1.82. The molecule has 3 fully saturated rings. The van der Waals surface area contributed by atoms with Gasteiger partial charge in [-0.15, -0.1) is 0 Å². The molecule has 5 atom stereocenters. The predicted octanol–water partition coefficient (Wildman–Crippen LogP) is 3.39. The number of likely N-dealkylation sites (N-methyl/N-ethyl adjacent to an activating group) is 1. The molecule has 2 bridgehead atoms. The molecule has 1 aromatic heterocycles. The SMILES string of the molecule is COc1ccc2c3c1OC1C(N(C)C(=O)C=Cc4ccoc4)CCC4(O)[C@@H](C2)N(CC2CC2)CC[C@]314. The van der Waals surface area contributed by atoms with Crippen molar-refractivity contribution in [1.29, 1.82) is 0 Å². The summed E-state index contributed by atoms with van der Waals surface area (Å²) in [4.78, 5) is 17.6. The number of amides is 1. The Morgan fingerprint density at radius 2 is 2.14 bits per heavy atom. The maximum Gasteiger partial charge on any atom is 0.246 e. The second-order valence-corrected chi connectivity index (χ2v) is 11.4. The zero-order chi connectivity index (χ0) is 24.7. The molecule has 3 unspecified atom stereocenters. The number of carbonyl (C=O) groups excluding carboxylic acids is 1. The van der Waals surface area contributed by atoms with Gasteiger partial charge in [0.05, 0.1) is 36.7 Å². The fourth-order valence-electron chi connectivity index (χ4n) is 7.82. The highest BCUT2D eigenvalue weighted by molar-refractivity contribution is 5.92. The number of rotatable bonds is 6. The zero-order valence-electron chi connectivity index (χ0n) is 21.0. The second kappa shape index (κ2) is 7.86. The number of likely N-dealkylation sites (tertiary alicyclic amines) is 1. The van der Waals surface area contributed by atoms with Gasteiger partial charge >= 0.3 is 0 Å². The average molecular weight is 491 g/mol. The Morgan fingerprint density at radius 3 is 2.89 bits per heavy atom. The standard InChI is InChI=1S/C29H34N2O5/c1-30(24(32)8-5-19-10-14-35-17-19)21-9-11-29(33)23-15-20-6-7-22(34-2)26-25(20)28(29,27(21)36-26)12-13-31(23)16-18-3-4-18/h5-8,10,14,17-18,21,23,27,33H,3-4,9,11-13,15-16H2,1-2H3/t21?,23-,27?,28+,29?/m1/s1. The van der Waals surface area contributed by atoms with Crippen molar-refractivity contribution in [1.82, 2.24) is 9.80 Å². The van der Waals surface area contributed by atoms with E-state index < -0.39 is 11.0 Å². The maximum absolute atomic E-state index is 13.3. The summed E-state index contributed by atoms with van der Waals surface area (Å²) >= 11 is 0. The number of aliphatic hydroxyl groups is 1. The number of hydrogen-bond acceptors (Lipinski definition) is 6. The van der Waals surface area contributed by atoms with Gasteiger partial charge in [0.1, 0.15) is 6.10 Å². The third kappa shape index (κ3) is 2.96. The molecule has 2 saturated carbocycles. The van der Waals surface area contributed by atoms with Gasteiger partial charge in [-0.25, -0.2) is 0 Å². The van der Waals surface area contributed by atoms with Crippen LogP contribution in [0.1, 0.15) is 48.8 Å². The van der Waals surface area contributed by atoms with E-state index in [4.69, 9.17) is 13.9 Å². The van der Waals surface area contributed by atoms with Gasteiger partial charge in [0, 0.05) is 36.8 Å². The van der Waals surface area contributed by atoms with Crippen molar-refractivity contribution < 1.29 is 23.8 Å². The van der Waals surface area contributed by atoms with E-state index in [-0.39, 0.29) is 24.1 Å². The molecule has 7 nitrogen and oxygen atoms in total. The summed E-state index contributed by atoms with van der Waals surface area (Å²) in [6.45, 7) is 2.03. The molecular weight excluding hydrogens is 456 g/mol. The molecule has 7 rings (SSSR count). The number of furan rings is 1. The van der Waals surface area contributed by atoms with Crippen LogP contribution in [0.2, 0.25) is 0 Å². The number of carbonyl (C=O) groups is 1. The highest BCUT2D eigenvalue weighted by atomic mass is 16.5. The lowest BCUT2D eigenvalue weighted by molar-refractivity contribution is -0.200. The van der Waals surface area contributed by atoms with Gasteiger partial charge < -0.3 is 23.9 Å². The molecule has 36 heavy (non-hydrogen) atoms. The summed E-state index contributed by atoms with van der Waals surface area (Å²) < 4.78 is 17.6. The van der Waals surface area contributed by atoms with Crippen molar-refractivity contribution in [2.45, 2.75) is 67.7 Å². The van der Waals surface area contributed by atoms with Gasteiger partial charge in [-0.1, -0.05) is 6.07 Å². The van der Waals surface area contributed by atoms with Gasteiger partial charge in [-0.2, -0.15) is 0 Å². The molecule has 1 saturated heterocycles. The largest absolute Gasteiger partial charge is 0.493 e. The van der Waals surface area contributed by atoms with E-state index in [9.17, 15) is 9.90 Å². The molecule has 7 heteroatoms. The molecule has 2 aromatic rings. The van der Waals surface area contributed by atoms with E-state index in [1.54, 1.807) is 31.8 Å². The summed E-state index contributed by atoms with van der Waals surface area (Å²) in [6, 6.07) is 5.93. The molecule has 1 N–H and O–H groups in total. The molecule has 1 aromatic carbocycles. The molecule has 1 amide bonds. The second-order valence-electron chi connectivity index (χ2n) is 11.4. The van der Waals surface area contributed by atoms with E-state index in [0.717, 1.165) is 48.7 Å². The Labute approximate surface area is 211 Å². The molecule has 5 aliphatic rings. The summed E-state index contributed by atoms with van der Waals surface area (Å²) in [5, 5.41) is 12.7. The number of hydrogen-bond donors (Lipinski definition) is 1. The van der Waals surface area contributed by atoms with E-state index in [0.29, 0.717) is 18.6 Å². The van der Waals surface area contributed by atoms with E-state index in [1.165, 1.54) is 18.4 Å². The van der Waals surface area contributed by atoms with Crippen molar-refractivity contribution in [3.8, 4) is 11.5 Å². The van der Waals surface area contributed by atoms with Crippen molar-refractivity contribution in [2.75, 3.05) is 27.2 Å². The Hall–Kier alpha value is -2.77. The summed E-state index contributed by atoms with van der Waals surface area (Å²) in [6.07, 6.45) is 11.9.